The van der Waals surface area contributed by atoms with E-state index in [0.717, 1.165) is 29.7 Å². The number of carbonyl (C=O) groups excluding carboxylic acids is 3. The lowest BCUT2D eigenvalue weighted by molar-refractivity contribution is -0.142. The minimum absolute atomic E-state index is 0.0326. The van der Waals surface area contributed by atoms with Crippen molar-refractivity contribution < 1.29 is 19.5 Å². The van der Waals surface area contributed by atoms with Crippen molar-refractivity contribution in [1.29, 1.82) is 0 Å². The van der Waals surface area contributed by atoms with Gasteiger partial charge in [-0.25, -0.2) is 0 Å². The van der Waals surface area contributed by atoms with Crippen LogP contribution >= 0.6 is 11.8 Å². The van der Waals surface area contributed by atoms with Crippen LogP contribution in [0.15, 0.2) is 18.2 Å². The highest BCUT2D eigenvalue weighted by molar-refractivity contribution is 8.02. The van der Waals surface area contributed by atoms with Crippen LogP contribution in [0.5, 0.6) is 0 Å². The molecule has 186 valence electrons. The molecule has 7 nitrogen and oxygen atoms in total. The third-order valence-corrected chi connectivity index (χ3v) is 9.76. The number of rotatable bonds is 8. The van der Waals surface area contributed by atoms with Crippen LogP contribution in [-0.4, -0.2) is 63.0 Å². The second-order valence-electron chi connectivity index (χ2n) is 10.4. The monoisotopic (exact) mass is 487 g/mol. The standard InChI is InChI=1S/C26H37N3O4S/c1-6-11-27-23(31)20-19-9-10-26(34-19)21(20)25(33)29(18(13-30)14(2)3)22(26)24(32)28-17-12-15(4)7-8-16(17)5/h7-8,12,14,18-22,30H,6,9-11,13H2,1-5H3,(H,27,31)(H,28,32)/t18-,19+,20-,21-,22?,26?/m0/s1. The van der Waals surface area contributed by atoms with E-state index in [2.05, 4.69) is 10.6 Å². The van der Waals surface area contributed by atoms with Gasteiger partial charge in [-0.1, -0.05) is 32.9 Å². The summed E-state index contributed by atoms with van der Waals surface area (Å²) < 4.78 is -0.653. The molecule has 3 amide bonds. The van der Waals surface area contributed by atoms with Crippen LogP contribution in [0, 0.1) is 31.6 Å². The number of aliphatic hydroxyl groups excluding tert-OH is 1. The molecule has 1 aromatic carbocycles. The molecule has 6 atom stereocenters. The minimum atomic E-state index is -0.733. The number of carbonyl (C=O) groups is 3. The van der Waals surface area contributed by atoms with Crippen molar-refractivity contribution in [3.8, 4) is 0 Å². The van der Waals surface area contributed by atoms with E-state index in [1.54, 1.807) is 16.7 Å². The molecule has 0 aliphatic carbocycles. The Morgan fingerprint density at radius 3 is 2.65 bits per heavy atom. The van der Waals surface area contributed by atoms with Gasteiger partial charge in [0.25, 0.3) is 0 Å². The minimum Gasteiger partial charge on any atom is -0.394 e. The Kier molecular flexibility index (Phi) is 7.02. The van der Waals surface area contributed by atoms with Crippen LogP contribution in [-0.2, 0) is 14.4 Å². The zero-order valence-electron chi connectivity index (χ0n) is 20.8. The molecule has 34 heavy (non-hydrogen) atoms. The maximum atomic E-state index is 14.0. The van der Waals surface area contributed by atoms with E-state index in [1.165, 1.54) is 0 Å². The van der Waals surface area contributed by atoms with Gasteiger partial charge in [-0.2, -0.15) is 0 Å². The van der Waals surface area contributed by atoms with E-state index in [9.17, 15) is 19.5 Å². The van der Waals surface area contributed by atoms with Crippen molar-refractivity contribution in [3.05, 3.63) is 29.3 Å². The summed E-state index contributed by atoms with van der Waals surface area (Å²) in [5, 5.41) is 16.4. The summed E-state index contributed by atoms with van der Waals surface area (Å²) in [6.45, 7) is 10.2. The molecule has 2 bridgehead atoms. The lowest BCUT2D eigenvalue weighted by atomic mass is 9.70. The maximum absolute atomic E-state index is 14.0. The number of amides is 3. The first-order valence-electron chi connectivity index (χ1n) is 12.4. The van der Waals surface area contributed by atoms with Gasteiger partial charge in [0.2, 0.25) is 17.7 Å². The quantitative estimate of drug-likeness (QED) is 0.524. The molecule has 3 saturated heterocycles. The highest BCUT2D eigenvalue weighted by Crippen LogP contribution is 2.66. The molecule has 0 aromatic heterocycles. The lowest BCUT2D eigenvalue weighted by Gasteiger charge is -2.38. The molecule has 1 aromatic rings. The average molecular weight is 488 g/mol. The van der Waals surface area contributed by atoms with Gasteiger partial charge in [0.15, 0.2) is 0 Å². The largest absolute Gasteiger partial charge is 0.394 e. The van der Waals surface area contributed by atoms with Crippen LogP contribution in [0.1, 0.15) is 51.2 Å². The third kappa shape index (κ3) is 3.92. The molecule has 8 heteroatoms. The normalized spacial score (nSPS) is 30.6. The van der Waals surface area contributed by atoms with Crippen molar-refractivity contribution in [2.24, 2.45) is 17.8 Å². The molecule has 3 heterocycles. The summed E-state index contributed by atoms with van der Waals surface area (Å²) in [5.41, 5.74) is 2.72. The van der Waals surface area contributed by atoms with Gasteiger partial charge < -0.3 is 20.6 Å². The molecule has 2 unspecified atom stereocenters. The lowest BCUT2D eigenvalue weighted by Crippen LogP contribution is -2.56. The van der Waals surface area contributed by atoms with E-state index in [1.807, 2.05) is 52.8 Å². The number of nitrogens with one attached hydrogen (secondary N) is 2. The Labute approximate surface area is 206 Å². The predicted octanol–water partition coefficient (Wildman–Crippen LogP) is 2.88. The number of aliphatic hydroxyl groups is 1. The van der Waals surface area contributed by atoms with Gasteiger partial charge >= 0.3 is 0 Å². The molecule has 3 aliphatic heterocycles. The summed E-state index contributed by atoms with van der Waals surface area (Å²) in [6.07, 6.45) is 2.35. The van der Waals surface area contributed by atoms with Crippen LogP contribution in [0.3, 0.4) is 0 Å². The molecular weight excluding hydrogens is 450 g/mol. The molecule has 3 fully saturated rings. The fourth-order valence-electron chi connectivity index (χ4n) is 6.11. The number of hydrogen-bond donors (Lipinski definition) is 3. The van der Waals surface area contributed by atoms with Crippen molar-refractivity contribution in [3.63, 3.8) is 0 Å². The number of thioether (sulfide) groups is 1. The van der Waals surface area contributed by atoms with Gasteiger partial charge in [0.1, 0.15) is 6.04 Å². The van der Waals surface area contributed by atoms with Gasteiger partial charge in [-0.05, 0) is 56.2 Å². The van der Waals surface area contributed by atoms with Crippen molar-refractivity contribution in [2.45, 2.75) is 76.0 Å². The number of nitrogens with zero attached hydrogens (tertiary/aromatic N) is 1. The van der Waals surface area contributed by atoms with E-state index in [0.29, 0.717) is 13.0 Å². The van der Waals surface area contributed by atoms with Crippen molar-refractivity contribution in [1.82, 2.24) is 10.2 Å². The smallest absolute Gasteiger partial charge is 0.248 e. The van der Waals surface area contributed by atoms with E-state index in [-0.39, 0.29) is 35.5 Å². The molecule has 3 N–H and O–H groups in total. The van der Waals surface area contributed by atoms with E-state index in [4.69, 9.17) is 0 Å². The molecule has 1 spiro atoms. The molecule has 4 rings (SSSR count). The topological polar surface area (TPSA) is 98.7 Å². The van der Waals surface area contributed by atoms with Crippen LogP contribution in [0.4, 0.5) is 5.69 Å². The Balaban J connectivity index is 1.75. The fraction of sp³-hybridized carbons (Fsp3) is 0.654. The van der Waals surface area contributed by atoms with Gasteiger partial charge in [-0.3, -0.25) is 14.4 Å². The molecule has 0 radical (unpaired) electrons. The first-order valence-corrected chi connectivity index (χ1v) is 13.3. The van der Waals surface area contributed by atoms with Crippen LogP contribution in [0.25, 0.3) is 0 Å². The van der Waals surface area contributed by atoms with Gasteiger partial charge in [-0.15, -0.1) is 11.8 Å². The first kappa shape index (κ1) is 25.0. The molecule has 3 aliphatic rings. The highest BCUT2D eigenvalue weighted by Gasteiger charge is 2.74. The highest BCUT2D eigenvalue weighted by atomic mass is 32.2. The van der Waals surface area contributed by atoms with Gasteiger partial charge in [0.05, 0.1) is 29.2 Å². The second kappa shape index (κ2) is 9.53. The van der Waals surface area contributed by atoms with E-state index >= 15 is 0 Å². The Morgan fingerprint density at radius 2 is 2.00 bits per heavy atom. The number of likely N-dealkylation sites (tertiary alicyclic amines) is 1. The number of fused-ring (bicyclic) bond motifs is 1. The molecular formula is C26H37N3O4S. The summed E-state index contributed by atoms with van der Waals surface area (Å²) in [6, 6.07) is 4.69. The summed E-state index contributed by atoms with van der Waals surface area (Å²) in [7, 11) is 0. The number of anilines is 1. The summed E-state index contributed by atoms with van der Waals surface area (Å²) in [5.74, 6) is -1.50. The summed E-state index contributed by atoms with van der Waals surface area (Å²) in [4.78, 5) is 42.7. The van der Waals surface area contributed by atoms with E-state index < -0.39 is 28.7 Å². The third-order valence-electron chi connectivity index (χ3n) is 7.80. The molecule has 0 saturated carbocycles. The van der Waals surface area contributed by atoms with Crippen molar-refractivity contribution >= 4 is 35.2 Å². The number of aryl methyl sites for hydroxylation is 2. The number of benzene rings is 1. The zero-order valence-corrected chi connectivity index (χ0v) is 21.6. The Hall–Kier alpha value is -2.06. The Morgan fingerprint density at radius 1 is 1.26 bits per heavy atom. The SMILES string of the molecule is CCCNC(=O)[C@@H]1[C@H]2C(=O)N([C@@H](CO)C(C)C)C(C(=O)Nc3cc(C)ccc3C)C23CC[C@H]1S3. The maximum Gasteiger partial charge on any atom is 0.248 e. The Bertz CT molecular complexity index is 983. The second-order valence-corrected chi connectivity index (χ2v) is 12.0. The fourth-order valence-corrected chi connectivity index (χ4v) is 8.31. The first-order chi connectivity index (χ1) is 16.2. The van der Waals surface area contributed by atoms with Gasteiger partial charge in [0, 0.05) is 17.5 Å². The zero-order chi connectivity index (χ0) is 24.8. The average Bonchev–Trinajstić information content (AvgIpc) is 3.43. The predicted molar refractivity (Wildman–Crippen MR) is 135 cm³/mol. The summed E-state index contributed by atoms with van der Waals surface area (Å²) >= 11 is 1.66. The van der Waals surface area contributed by atoms with Crippen LogP contribution in [0.2, 0.25) is 0 Å². The van der Waals surface area contributed by atoms with Crippen molar-refractivity contribution in [2.75, 3.05) is 18.5 Å². The van der Waals surface area contributed by atoms with Crippen LogP contribution < -0.4 is 10.6 Å². The number of hydrogen-bond acceptors (Lipinski definition) is 5.